The van der Waals surface area contributed by atoms with Crippen molar-refractivity contribution in [2.24, 2.45) is 0 Å². The first-order valence-electron chi connectivity index (χ1n) is 6.44. The Labute approximate surface area is 103 Å². The minimum absolute atomic E-state index is 0.377. The van der Waals surface area contributed by atoms with E-state index < -0.39 is 0 Å². The number of phenols is 1. The van der Waals surface area contributed by atoms with E-state index in [0.717, 1.165) is 5.39 Å². The fraction of sp³-hybridized carbons (Fsp3) is 0.375. The van der Waals surface area contributed by atoms with Crippen LogP contribution in [0.25, 0.3) is 10.8 Å². The third kappa shape index (κ3) is 2.60. The van der Waals surface area contributed by atoms with Gasteiger partial charge < -0.3 is 5.11 Å². The Morgan fingerprint density at radius 1 is 1.18 bits per heavy atom. The molecular formula is C16H20O. The van der Waals surface area contributed by atoms with E-state index in [0.29, 0.717) is 11.7 Å². The van der Waals surface area contributed by atoms with Gasteiger partial charge in [0, 0.05) is 0 Å². The van der Waals surface area contributed by atoms with Gasteiger partial charge in [-0.2, -0.15) is 0 Å². The van der Waals surface area contributed by atoms with Crippen LogP contribution in [-0.2, 0) is 0 Å². The summed E-state index contributed by atoms with van der Waals surface area (Å²) >= 11 is 0. The third-order valence-electron chi connectivity index (χ3n) is 3.40. The van der Waals surface area contributed by atoms with E-state index in [-0.39, 0.29) is 0 Å². The predicted octanol–water partition coefficient (Wildman–Crippen LogP) is 4.84. The zero-order valence-corrected chi connectivity index (χ0v) is 10.6. The second-order valence-corrected chi connectivity index (χ2v) is 4.80. The molecule has 0 fully saturated rings. The number of phenolic OH excluding ortho intramolecular Hbond substituents is 1. The second kappa shape index (κ2) is 5.22. The minimum atomic E-state index is 0.377. The van der Waals surface area contributed by atoms with Gasteiger partial charge in [-0.3, -0.25) is 0 Å². The molecule has 0 amide bonds. The van der Waals surface area contributed by atoms with Crippen LogP contribution < -0.4 is 0 Å². The number of benzene rings is 2. The smallest absolute Gasteiger partial charge is 0.116 e. The highest BCUT2D eigenvalue weighted by Gasteiger charge is 2.10. The molecule has 1 N–H and O–H groups in total. The second-order valence-electron chi connectivity index (χ2n) is 4.80. The maximum atomic E-state index is 9.79. The molecule has 90 valence electrons. The highest BCUT2D eigenvalue weighted by Crippen LogP contribution is 2.32. The summed E-state index contributed by atoms with van der Waals surface area (Å²) in [6, 6.07) is 12.0. The number of hydrogen-bond acceptors (Lipinski definition) is 1. The Kier molecular flexibility index (Phi) is 3.68. The maximum Gasteiger partial charge on any atom is 0.116 e. The number of unbranched alkanes of at least 4 members (excludes halogenated alkanes) is 1. The molecule has 2 aromatic carbocycles. The lowest BCUT2D eigenvalue weighted by molar-refractivity contribution is 0.474. The zero-order chi connectivity index (χ0) is 12.3. The maximum absolute atomic E-state index is 9.79. The Hall–Kier alpha value is -1.50. The number of fused-ring (bicyclic) bond motifs is 1. The van der Waals surface area contributed by atoms with Crippen molar-refractivity contribution in [3.05, 3.63) is 42.0 Å². The fourth-order valence-corrected chi connectivity index (χ4v) is 2.40. The molecule has 0 bridgehead atoms. The summed E-state index contributed by atoms with van der Waals surface area (Å²) < 4.78 is 0. The summed E-state index contributed by atoms with van der Waals surface area (Å²) in [6.45, 7) is 4.46. The van der Waals surface area contributed by atoms with Gasteiger partial charge in [-0.1, -0.05) is 51.0 Å². The molecule has 17 heavy (non-hydrogen) atoms. The summed E-state index contributed by atoms with van der Waals surface area (Å²) in [5, 5.41) is 12.2. The van der Waals surface area contributed by atoms with Crippen molar-refractivity contribution in [2.75, 3.05) is 0 Å². The van der Waals surface area contributed by atoms with E-state index in [2.05, 4.69) is 32.0 Å². The Morgan fingerprint density at radius 2 is 1.94 bits per heavy atom. The van der Waals surface area contributed by atoms with Crippen LogP contribution in [0.3, 0.4) is 0 Å². The van der Waals surface area contributed by atoms with E-state index in [1.807, 2.05) is 18.2 Å². The predicted molar refractivity (Wildman–Crippen MR) is 73.6 cm³/mol. The SMILES string of the molecule is CCCCC(C)c1cc(O)cc2ccccc12. The van der Waals surface area contributed by atoms with Crippen LogP contribution >= 0.6 is 0 Å². The molecule has 0 heterocycles. The fourth-order valence-electron chi connectivity index (χ4n) is 2.40. The summed E-state index contributed by atoms with van der Waals surface area (Å²) in [5.41, 5.74) is 1.27. The standard InChI is InChI=1S/C16H20O/c1-3-4-7-12(2)16-11-14(17)10-13-8-5-6-9-15(13)16/h5-6,8-12,17H,3-4,7H2,1-2H3. The highest BCUT2D eigenvalue weighted by atomic mass is 16.3. The summed E-state index contributed by atoms with van der Waals surface area (Å²) in [5.74, 6) is 0.883. The van der Waals surface area contributed by atoms with Crippen LogP contribution in [0, 0.1) is 0 Å². The van der Waals surface area contributed by atoms with Crippen molar-refractivity contribution in [2.45, 2.75) is 39.0 Å². The molecule has 0 saturated heterocycles. The summed E-state index contributed by atoms with van der Waals surface area (Å²) in [6.07, 6.45) is 3.65. The van der Waals surface area contributed by atoms with Crippen molar-refractivity contribution in [3.63, 3.8) is 0 Å². The topological polar surface area (TPSA) is 20.2 Å². The Balaban J connectivity index is 2.44. The monoisotopic (exact) mass is 228 g/mol. The highest BCUT2D eigenvalue weighted by molar-refractivity contribution is 5.87. The zero-order valence-electron chi connectivity index (χ0n) is 10.6. The molecule has 0 aliphatic rings. The van der Waals surface area contributed by atoms with Gasteiger partial charge in [0.05, 0.1) is 0 Å². The molecule has 0 spiro atoms. The van der Waals surface area contributed by atoms with Gasteiger partial charge in [-0.05, 0) is 40.8 Å². The van der Waals surface area contributed by atoms with Crippen molar-refractivity contribution in [3.8, 4) is 5.75 Å². The van der Waals surface area contributed by atoms with Crippen LogP contribution in [0.5, 0.6) is 5.75 Å². The van der Waals surface area contributed by atoms with Gasteiger partial charge in [0.1, 0.15) is 5.75 Å². The lowest BCUT2D eigenvalue weighted by Crippen LogP contribution is -1.95. The third-order valence-corrected chi connectivity index (χ3v) is 3.40. The van der Waals surface area contributed by atoms with E-state index in [1.165, 1.54) is 30.2 Å². The Morgan fingerprint density at radius 3 is 2.71 bits per heavy atom. The quantitative estimate of drug-likeness (QED) is 0.794. The van der Waals surface area contributed by atoms with Crippen molar-refractivity contribution in [1.29, 1.82) is 0 Å². The molecular weight excluding hydrogens is 208 g/mol. The van der Waals surface area contributed by atoms with Crippen LogP contribution in [0.2, 0.25) is 0 Å². The lowest BCUT2D eigenvalue weighted by atomic mass is 9.91. The van der Waals surface area contributed by atoms with Crippen LogP contribution in [0.4, 0.5) is 0 Å². The first kappa shape index (κ1) is 12.0. The number of hydrogen-bond donors (Lipinski definition) is 1. The molecule has 1 unspecified atom stereocenters. The normalized spacial score (nSPS) is 12.8. The van der Waals surface area contributed by atoms with Gasteiger partial charge >= 0.3 is 0 Å². The number of aromatic hydroxyl groups is 1. The average molecular weight is 228 g/mol. The largest absolute Gasteiger partial charge is 0.508 e. The van der Waals surface area contributed by atoms with Gasteiger partial charge in [0.15, 0.2) is 0 Å². The lowest BCUT2D eigenvalue weighted by Gasteiger charge is -2.15. The van der Waals surface area contributed by atoms with Gasteiger partial charge in [-0.15, -0.1) is 0 Å². The summed E-state index contributed by atoms with van der Waals surface area (Å²) in [4.78, 5) is 0. The molecule has 0 aromatic heterocycles. The van der Waals surface area contributed by atoms with Crippen molar-refractivity contribution >= 4 is 10.8 Å². The van der Waals surface area contributed by atoms with E-state index in [9.17, 15) is 5.11 Å². The molecule has 1 heteroatoms. The minimum Gasteiger partial charge on any atom is -0.508 e. The molecule has 0 radical (unpaired) electrons. The van der Waals surface area contributed by atoms with Crippen LogP contribution in [-0.4, -0.2) is 5.11 Å². The Bertz CT molecular complexity index is 502. The molecule has 0 aliphatic carbocycles. The van der Waals surface area contributed by atoms with Gasteiger partial charge in [-0.25, -0.2) is 0 Å². The van der Waals surface area contributed by atoms with Crippen LogP contribution in [0.1, 0.15) is 44.6 Å². The first-order chi connectivity index (χ1) is 8.22. The molecule has 0 saturated carbocycles. The molecule has 2 rings (SSSR count). The van der Waals surface area contributed by atoms with Crippen molar-refractivity contribution < 1.29 is 5.11 Å². The molecule has 2 aromatic rings. The average Bonchev–Trinajstić information content (AvgIpc) is 2.34. The first-order valence-corrected chi connectivity index (χ1v) is 6.44. The van der Waals surface area contributed by atoms with Crippen molar-refractivity contribution in [1.82, 2.24) is 0 Å². The van der Waals surface area contributed by atoms with Crippen LogP contribution in [0.15, 0.2) is 36.4 Å². The summed E-state index contributed by atoms with van der Waals surface area (Å²) in [7, 11) is 0. The van der Waals surface area contributed by atoms with Gasteiger partial charge in [0.25, 0.3) is 0 Å². The van der Waals surface area contributed by atoms with E-state index in [1.54, 1.807) is 0 Å². The number of rotatable bonds is 4. The van der Waals surface area contributed by atoms with E-state index >= 15 is 0 Å². The molecule has 1 nitrogen and oxygen atoms in total. The van der Waals surface area contributed by atoms with Gasteiger partial charge in [0.2, 0.25) is 0 Å². The van der Waals surface area contributed by atoms with E-state index in [4.69, 9.17) is 0 Å². The molecule has 1 atom stereocenters. The molecule has 0 aliphatic heterocycles.